The molecule has 1 spiro atoms. The van der Waals surface area contributed by atoms with E-state index in [-0.39, 0.29) is 30.1 Å². The van der Waals surface area contributed by atoms with Gasteiger partial charge >= 0.3 is 0 Å². The van der Waals surface area contributed by atoms with Gasteiger partial charge in [-0.05, 0) is 55.7 Å². The smallest absolute Gasteiger partial charge is 0.248 e. The average Bonchev–Trinajstić information content (AvgIpc) is 2.98. The van der Waals surface area contributed by atoms with Crippen LogP contribution in [0.3, 0.4) is 0 Å². The highest BCUT2D eigenvalue weighted by molar-refractivity contribution is 6.00. The normalized spacial score (nSPS) is 22.4. The molecule has 2 amide bonds. The molecule has 3 fully saturated rings. The van der Waals surface area contributed by atoms with Gasteiger partial charge in [0, 0.05) is 38.4 Å². The second kappa shape index (κ2) is 13.8. The molecular formula is C31H43ClN4O4. The first-order chi connectivity index (χ1) is 19.0. The molecule has 9 heteroatoms. The molecule has 2 aliphatic heterocycles. The molecule has 2 N–H and O–H groups in total. The lowest BCUT2D eigenvalue weighted by Crippen LogP contribution is -2.75. The Bertz CT molecular complexity index is 1100. The van der Waals surface area contributed by atoms with E-state index in [9.17, 15) is 14.7 Å². The maximum atomic E-state index is 13.8. The van der Waals surface area contributed by atoms with Crippen LogP contribution in [0.1, 0.15) is 70.3 Å². The van der Waals surface area contributed by atoms with E-state index < -0.39 is 17.7 Å². The number of carbonyl (C=O) groups excluding carboxylic acids is 2. The minimum Gasteiger partial charge on any atom is -0.439 e. The van der Waals surface area contributed by atoms with Gasteiger partial charge in [0.25, 0.3) is 0 Å². The summed E-state index contributed by atoms with van der Waals surface area (Å²) in [5, 5.41) is 14.1. The first kappa shape index (κ1) is 30.3. The van der Waals surface area contributed by atoms with E-state index in [1.165, 1.54) is 6.42 Å². The SMILES string of the molecule is CCCCN1C(=O)[C@@H]([C@H](O)C2CCCCC2)NC(=O)C12CCN(Cc1ccc(Oc3ccccc3)nc1)CC2.Cl. The third-order valence-corrected chi connectivity index (χ3v) is 8.82. The van der Waals surface area contributed by atoms with Crippen LogP contribution >= 0.6 is 12.4 Å². The quantitative estimate of drug-likeness (QED) is 0.454. The molecule has 5 rings (SSSR count). The van der Waals surface area contributed by atoms with Crippen molar-refractivity contribution in [1.82, 2.24) is 20.1 Å². The Hall–Kier alpha value is -2.68. The molecule has 0 radical (unpaired) electrons. The Morgan fingerprint density at radius 1 is 1.07 bits per heavy atom. The number of unbranched alkanes of at least 4 members (excludes halogenated alkanes) is 1. The van der Waals surface area contributed by atoms with Crippen molar-refractivity contribution in [2.45, 2.75) is 88.9 Å². The number of ether oxygens (including phenoxy) is 1. The molecule has 2 atom stereocenters. The molecule has 1 aliphatic carbocycles. The van der Waals surface area contributed by atoms with E-state index in [0.717, 1.165) is 56.4 Å². The van der Waals surface area contributed by atoms with Crippen LogP contribution in [0, 0.1) is 5.92 Å². The molecule has 3 aliphatic rings. The molecule has 0 bridgehead atoms. The van der Waals surface area contributed by atoms with Crippen LogP contribution in [-0.4, -0.2) is 69.0 Å². The van der Waals surface area contributed by atoms with Crippen molar-refractivity contribution >= 4 is 24.2 Å². The van der Waals surface area contributed by atoms with Gasteiger partial charge in [-0.15, -0.1) is 12.4 Å². The van der Waals surface area contributed by atoms with E-state index in [4.69, 9.17) is 4.74 Å². The highest BCUT2D eigenvalue weighted by atomic mass is 35.5. The fourth-order valence-corrected chi connectivity index (χ4v) is 6.47. The number of hydrogen-bond acceptors (Lipinski definition) is 6. The standard InChI is InChI=1S/C31H42N4O4.ClH/c1-2-3-18-35-29(37)27(28(36)24-10-6-4-7-11-24)33-30(38)31(35)16-19-34(20-17-31)22-23-14-15-26(32-21-23)39-25-12-8-5-9-13-25;/h5,8-9,12-15,21,24,27-28,36H,2-4,6-7,10-11,16-20,22H2,1H3,(H,33,38);1H/t27-,28-;/m1./s1. The Morgan fingerprint density at radius 2 is 1.80 bits per heavy atom. The van der Waals surface area contributed by atoms with Crippen LogP contribution in [0.5, 0.6) is 11.6 Å². The second-order valence-corrected chi connectivity index (χ2v) is 11.4. The average molecular weight is 571 g/mol. The number of rotatable bonds is 9. The van der Waals surface area contributed by atoms with Crippen LogP contribution in [-0.2, 0) is 16.1 Å². The third kappa shape index (κ3) is 6.61. The number of nitrogens with zero attached hydrogens (tertiary/aromatic N) is 3. The first-order valence-electron chi connectivity index (χ1n) is 14.7. The fourth-order valence-electron chi connectivity index (χ4n) is 6.47. The largest absolute Gasteiger partial charge is 0.439 e. The number of amides is 2. The van der Waals surface area contributed by atoms with Gasteiger partial charge < -0.3 is 20.1 Å². The van der Waals surface area contributed by atoms with E-state index in [0.29, 0.717) is 38.4 Å². The summed E-state index contributed by atoms with van der Waals surface area (Å²) in [7, 11) is 0. The van der Waals surface area contributed by atoms with E-state index in [2.05, 4.69) is 22.1 Å². The Morgan fingerprint density at radius 3 is 2.45 bits per heavy atom. The van der Waals surface area contributed by atoms with Gasteiger partial charge in [0.1, 0.15) is 17.3 Å². The predicted octanol–water partition coefficient (Wildman–Crippen LogP) is 4.70. The highest BCUT2D eigenvalue weighted by Crippen LogP contribution is 2.36. The highest BCUT2D eigenvalue weighted by Gasteiger charge is 2.55. The summed E-state index contributed by atoms with van der Waals surface area (Å²) < 4.78 is 5.80. The topological polar surface area (TPSA) is 95.0 Å². The van der Waals surface area contributed by atoms with Crippen molar-refractivity contribution < 1.29 is 19.4 Å². The zero-order chi connectivity index (χ0) is 27.2. The maximum absolute atomic E-state index is 13.8. The lowest BCUT2D eigenvalue weighted by molar-refractivity contribution is -0.166. The minimum atomic E-state index is -0.836. The van der Waals surface area contributed by atoms with Crippen molar-refractivity contribution in [2.24, 2.45) is 5.92 Å². The molecule has 2 aromatic rings. The van der Waals surface area contributed by atoms with Gasteiger partial charge in [-0.1, -0.05) is 56.9 Å². The molecule has 3 heterocycles. The van der Waals surface area contributed by atoms with Gasteiger partial charge in [-0.25, -0.2) is 4.98 Å². The van der Waals surface area contributed by atoms with Crippen molar-refractivity contribution in [1.29, 1.82) is 0 Å². The number of aromatic nitrogens is 1. The fraction of sp³-hybridized carbons (Fsp3) is 0.581. The number of benzene rings is 1. The Labute approximate surface area is 243 Å². The third-order valence-electron chi connectivity index (χ3n) is 8.82. The van der Waals surface area contributed by atoms with Crippen molar-refractivity contribution in [3.05, 3.63) is 54.2 Å². The number of piperazine rings is 1. The van der Waals surface area contributed by atoms with Crippen LogP contribution in [0.4, 0.5) is 0 Å². The monoisotopic (exact) mass is 570 g/mol. The van der Waals surface area contributed by atoms with Gasteiger partial charge in [0.2, 0.25) is 17.7 Å². The summed E-state index contributed by atoms with van der Waals surface area (Å²) >= 11 is 0. The summed E-state index contributed by atoms with van der Waals surface area (Å²) in [6.07, 6.45) is 9.16. The molecule has 1 saturated carbocycles. The van der Waals surface area contributed by atoms with Gasteiger partial charge in [-0.3, -0.25) is 14.5 Å². The number of pyridine rings is 1. The molecular weight excluding hydrogens is 528 g/mol. The second-order valence-electron chi connectivity index (χ2n) is 11.4. The van der Waals surface area contributed by atoms with Crippen molar-refractivity contribution in [3.8, 4) is 11.6 Å². The molecule has 0 unspecified atom stereocenters. The van der Waals surface area contributed by atoms with E-state index in [1.54, 1.807) is 0 Å². The number of nitrogens with one attached hydrogen (secondary N) is 1. The number of piperidine rings is 1. The number of carbonyl (C=O) groups is 2. The van der Waals surface area contributed by atoms with Gasteiger partial charge in [-0.2, -0.15) is 0 Å². The predicted molar refractivity (Wildman–Crippen MR) is 156 cm³/mol. The number of halogens is 1. The Balaban J connectivity index is 0.00000370. The summed E-state index contributed by atoms with van der Waals surface area (Å²) in [6, 6.07) is 12.7. The number of aliphatic hydroxyl groups excluding tert-OH is 1. The molecule has 2 saturated heterocycles. The summed E-state index contributed by atoms with van der Waals surface area (Å²) in [6.45, 7) is 4.80. The molecule has 40 heavy (non-hydrogen) atoms. The van der Waals surface area contributed by atoms with Crippen LogP contribution < -0.4 is 10.1 Å². The van der Waals surface area contributed by atoms with E-state index >= 15 is 0 Å². The lowest BCUT2D eigenvalue weighted by Gasteiger charge is -2.52. The zero-order valence-electron chi connectivity index (χ0n) is 23.5. The van der Waals surface area contributed by atoms with E-state index in [1.807, 2.05) is 53.6 Å². The maximum Gasteiger partial charge on any atom is 0.248 e. The summed E-state index contributed by atoms with van der Waals surface area (Å²) in [5.74, 6) is 1.18. The summed E-state index contributed by atoms with van der Waals surface area (Å²) in [5.41, 5.74) is 0.242. The van der Waals surface area contributed by atoms with Crippen molar-refractivity contribution in [3.63, 3.8) is 0 Å². The van der Waals surface area contributed by atoms with Crippen LogP contribution in [0.2, 0.25) is 0 Å². The first-order valence-corrected chi connectivity index (χ1v) is 14.7. The van der Waals surface area contributed by atoms with Crippen LogP contribution in [0.15, 0.2) is 48.7 Å². The van der Waals surface area contributed by atoms with Gasteiger partial charge in [0.05, 0.1) is 6.10 Å². The number of aliphatic hydroxyl groups is 1. The van der Waals surface area contributed by atoms with Crippen molar-refractivity contribution in [2.75, 3.05) is 19.6 Å². The number of likely N-dealkylation sites (tertiary alicyclic amines) is 1. The summed E-state index contributed by atoms with van der Waals surface area (Å²) in [4.78, 5) is 36.1. The minimum absolute atomic E-state index is 0. The lowest BCUT2D eigenvalue weighted by atomic mass is 9.78. The van der Waals surface area contributed by atoms with Crippen LogP contribution in [0.25, 0.3) is 0 Å². The molecule has 1 aromatic heterocycles. The van der Waals surface area contributed by atoms with Gasteiger partial charge in [0.15, 0.2) is 0 Å². The number of hydrogen-bond donors (Lipinski definition) is 2. The zero-order valence-corrected chi connectivity index (χ0v) is 24.3. The Kier molecular flexibility index (Phi) is 10.4. The number of para-hydroxylation sites is 1. The molecule has 218 valence electrons. The molecule has 1 aromatic carbocycles. The molecule has 8 nitrogen and oxygen atoms in total.